The van der Waals surface area contributed by atoms with Crippen LogP contribution in [0.15, 0.2) is 28.7 Å². The predicted octanol–water partition coefficient (Wildman–Crippen LogP) is 2.55. The van der Waals surface area contributed by atoms with E-state index in [0.29, 0.717) is 0 Å². The van der Waals surface area contributed by atoms with Gasteiger partial charge in [-0.15, -0.1) is 0 Å². The smallest absolute Gasteiger partial charge is 0.243 e. The first kappa shape index (κ1) is 12.6. The summed E-state index contributed by atoms with van der Waals surface area (Å²) in [5.74, 6) is 0.155. The van der Waals surface area contributed by atoms with Crippen LogP contribution >= 0.6 is 15.9 Å². The molecule has 1 saturated heterocycles. The standard InChI is InChI=1S/C13H17BrN2O/c1-10-13(17)16(8-3-2-7-15-10)12-6-4-5-11(14)9-12/h4-6,9-10,15H,2-3,7-8H2,1H3. The summed E-state index contributed by atoms with van der Waals surface area (Å²) in [7, 11) is 0. The van der Waals surface area contributed by atoms with Crippen molar-refractivity contribution in [1.82, 2.24) is 5.32 Å². The summed E-state index contributed by atoms with van der Waals surface area (Å²) in [6, 6.07) is 7.81. The Balaban J connectivity index is 2.24. The van der Waals surface area contributed by atoms with Crippen LogP contribution in [0, 0.1) is 0 Å². The van der Waals surface area contributed by atoms with Crippen LogP contribution in [-0.4, -0.2) is 25.0 Å². The lowest BCUT2D eigenvalue weighted by molar-refractivity contribution is -0.120. The molecule has 0 spiro atoms. The van der Waals surface area contributed by atoms with Crippen molar-refractivity contribution >= 4 is 27.5 Å². The quantitative estimate of drug-likeness (QED) is 0.864. The third-order valence-corrected chi connectivity index (χ3v) is 3.51. The zero-order chi connectivity index (χ0) is 12.3. The highest BCUT2D eigenvalue weighted by Crippen LogP contribution is 2.21. The number of nitrogens with zero attached hydrogens (tertiary/aromatic N) is 1. The number of carbonyl (C=O) groups excluding carboxylic acids is 1. The van der Waals surface area contributed by atoms with Crippen LogP contribution in [0.3, 0.4) is 0 Å². The Hall–Kier alpha value is -0.870. The maximum Gasteiger partial charge on any atom is 0.243 e. The van der Waals surface area contributed by atoms with Crippen LogP contribution in [0.5, 0.6) is 0 Å². The number of hydrogen-bond donors (Lipinski definition) is 1. The topological polar surface area (TPSA) is 32.3 Å². The number of halogens is 1. The summed E-state index contributed by atoms with van der Waals surface area (Å²) in [6.07, 6.45) is 2.15. The fourth-order valence-corrected chi connectivity index (χ4v) is 2.43. The molecule has 0 radical (unpaired) electrons. The number of hydrogen-bond acceptors (Lipinski definition) is 2. The molecule has 1 aromatic carbocycles. The largest absolute Gasteiger partial charge is 0.311 e. The zero-order valence-corrected chi connectivity index (χ0v) is 11.5. The van der Waals surface area contributed by atoms with Crippen molar-refractivity contribution in [3.8, 4) is 0 Å². The first-order valence-electron chi connectivity index (χ1n) is 5.99. The zero-order valence-electron chi connectivity index (χ0n) is 9.95. The van der Waals surface area contributed by atoms with E-state index < -0.39 is 0 Å². The van der Waals surface area contributed by atoms with Crippen molar-refractivity contribution in [2.45, 2.75) is 25.8 Å². The second-order valence-electron chi connectivity index (χ2n) is 4.35. The monoisotopic (exact) mass is 296 g/mol. The minimum absolute atomic E-state index is 0.103. The molecule has 1 aromatic rings. The number of rotatable bonds is 1. The maximum absolute atomic E-state index is 12.3. The molecule has 1 aliphatic rings. The van der Waals surface area contributed by atoms with Gasteiger partial charge >= 0.3 is 0 Å². The summed E-state index contributed by atoms with van der Waals surface area (Å²) in [4.78, 5) is 14.1. The summed E-state index contributed by atoms with van der Waals surface area (Å²) in [5, 5.41) is 3.25. The lowest BCUT2D eigenvalue weighted by Gasteiger charge is -2.29. The van der Waals surface area contributed by atoms with Crippen molar-refractivity contribution in [2.24, 2.45) is 0 Å². The van der Waals surface area contributed by atoms with Crippen molar-refractivity contribution in [2.75, 3.05) is 18.0 Å². The average Bonchev–Trinajstić information content (AvgIpc) is 2.31. The van der Waals surface area contributed by atoms with E-state index in [0.717, 1.165) is 36.1 Å². The van der Waals surface area contributed by atoms with Gasteiger partial charge in [-0.2, -0.15) is 0 Å². The summed E-state index contributed by atoms with van der Waals surface area (Å²) in [5.41, 5.74) is 0.972. The van der Waals surface area contributed by atoms with Gasteiger partial charge in [0.15, 0.2) is 0 Å². The number of anilines is 1. The lowest BCUT2D eigenvalue weighted by Crippen LogP contribution is -2.47. The molecule has 0 aromatic heterocycles. The molecule has 0 aliphatic carbocycles. The van der Waals surface area contributed by atoms with Gasteiger partial charge in [0, 0.05) is 16.7 Å². The van der Waals surface area contributed by atoms with Gasteiger partial charge in [0.2, 0.25) is 5.91 Å². The second-order valence-corrected chi connectivity index (χ2v) is 5.27. The lowest BCUT2D eigenvalue weighted by atomic mass is 10.1. The molecular weight excluding hydrogens is 280 g/mol. The molecule has 17 heavy (non-hydrogen) atoms. The fraction of sp³-hybridized carbons (Fsp3) is 0.462. The Labute approximate surface area is 110 Å². The third-order valence-electron chi connectivity index (χ3n) is 3.02. The summed E-state index contributed by atoms with van der Waals surface area (Å²) in [6.45, 7) is 3.67. The Morgan fingerprint density at radius 3 is 3.00 bits per heavy atom. The highest BCUT2D eigenvalue weighted by Gasteiger charge is 2.22. The molecule has 1 N–H and O–H groups in total. The molecule has 0 saturated carbocycles. The average molecular weight is 297 g/mol. The number of nitrogens with one attached hydrogen (secondary N) is 1. The maximum atomic E-state index is 12.3. The SMILES string of the molecule is CC1NCCCCN(c2cccc(Br)c2)C1=O. The minimum Gasteiger partial charge on any atom is -0.311 e. The van der Waals surface area contributed by atoms with Crippen molar-refractivity contribution < 1.29 is 4.79 Å². The van der Waals surface area contributed by atoms with Gasteiger partial charge in [0.05, 0.1) is 6.04 Å². The van der Waals surface area contributed by atoms with Gasteiger partial charge in [-0.25, -0.2) is 0 Å². The van der Waals surface area contributed by atoms with Crippen LogP contribution in [-0.2, 0) is 4.79 Å². The Morgan fingerprint density at radius 1 is 1.41 bits per heavy atom. The molecule has 1 fully saturated rings. The van der Waals surface area contributed by atoms with E-state index in [1.54, 1.807) is 0 Å². The van der Waals surface area contributed by atoms with Crippen LogP contribution in [0.4, 0.5) is 5.69 Å². The molecule has 1 heterocycles. The fourth-order valence-electron chi connectivity index (χ4n) is 2.05. The van der Waals surface area contributed by atoms with Gasteiger partial charge in [-0.3, -0.25) is 4.79 Å². The van der Waals surface area contributed by atoms with E-state index in [1.165, 1.54) is 0 Å². The van der Waals surface area contributed by atoms with E-state index in [1.807, 2.05) is 36.1 Å². The third kappa shape index (κ3) is 3.07. The van der Waals surface area contributed by atoms with E-state index in [9.17, 15) is 4.79 Å². The molecule has 1 atom stereocenters. The van der Waals surface area contributed by atoms with Crippen molar-refractivity contribution in [3.05, 3.63) is 28.7 Å². The van der Waals surface area contributed by atoms with Crippen molar-refractivity contribution in [1.29, 1.82) is 0 Å². The number of amides is 1. The highest BCUT2D eigenvalue weighted by molar-refractivity contribution is 9.10. The van der Waals surface area contributed by atoms with E-state index >= 15 is 0 Å². The Kier molecular flexibility index (Phi) is 4.18. The van der Waals surface area contributed by atoms with Crippen LogP contribution in [0.1, 0.15) is 19.8 Å². The van der Waals surface area contributed by atoms with E-state index in [-0.39, 0.29) is 11.9 Å². The summed E-state index contributed by atoms with van der Waals surface area (Å²) >= 11 is 3.45. The molecule has 1 amide bonds. The number of carbonyl (C=O) groups is 1. The first-order valence-corrected chi connectivity index (χ1v) is 6.78. The van der Waals surface area contributed by atoms with Gasteiger partial charge in [0.1, 0.15) is 0 Å². The highest BCUT2D eigenvalue weighted by atomic mass is 79.9. The molecule has 92 valence electrons. The van der Waals surface area contributed by atoms with Gasteiger partial charge in [0.25, 0.3) is 0 Å². The first-order chi connectivity index (χ1) is 8.18. The molecule has 0 bridgehead atoms. The molecular formula is C13H17BrN2O. The molecule has 4 heteroatoms. The summed E-state index contributed by atoms with van der Waals surface area (Å²) < 4.78 is 1.01. The van der Waals surface area contributed by atoms with Crippen molar-refractivity contribution in [3.63, 3.8) is 0 Å². The minimum atomic E-state index is -0.103. The second kappa shape index (κ2) is 5.65. The van der Waals surface area contributed by atoms with Gasteiger partial charge < -0.3 is 10.2 Å². The normalized spacial score (nSPS) is 22.1. The van der Waals surface area contributed by atoms with E-state index in [2.05, 4.69) is 21.2 Å². The molecule has 2 rings (SSSR count). The van der Waals surface area contributed by atoms with E-state index in [4.69, 9.17) is 0 Å². The Bertz CT molecular complexity index is 408. The van der Waals surface area contributed by atoms with Gasteiger partial charge in [-0.1, -0.05) is 22.0 Å². The molecule has 3 nitrogen and oxygen atoms in total. The number of benzene rings is 1. The predicted molar refractivity (Wildman–Crippen MR) is 73.2 cm³/mol. The van der Waals surface area contributed by atoms with Gasteiger partial charge in [-0.05, 0) is 44.5 Å². The van der Waals surface area contributed by atoms with Crippen LogP contribution in [0.25, 0.3) is 0 Å². The molecule has 1 aliphatic heterocycles. The Morgan fingerprint density at radius 2 is 2.24 bits per heavy atom. The van der Waals surface area contributed by atoms with Crippen LogP contribution in [0.2, 0.25) is 0 Å². The molecule has 1 unspecified atom stereocenters. The van der Waals surface area contributed by atoms with Crippen LogP contribution < -0.4 is 10.2 Å².